The maximum absolute atomic E-state index is 11.8. The van der Waals surface area contributed by atoms with Gasteiger partial charge in [-0.05, 0) is 32.3 Å². The van der Waals surface area contributed by atoms with Gasteiger partial charge in [-0.25, -0.2) is 0 Å². The molecule has 0 saturated carbocycles. The second kappa shape index (κ2) is 3.33. The minimum absolute atomic E-state index is 0.0287. The maximum Gasteiger partial charge on any atom is 0.253 e. The normalized spacial score (nSPS) is 15.3. The van der Waals surface area contributed by atoms with Crippen LogP contribution in [0.25, 0.3) is 0 Å². The lowest BCUT2D eigenvalue weighted by molar-refractivity contribution is 0.0969. The Morgan fingerprint density at radius 1 is 1.07 bits per heavy atom. The first-order chi connectivity index (χ1) is 7.04. The van der Waals surface area contributed by atoms with E-state index >= 15 is 0 Å². The minimum atomic E-state index is 0.0287. The minimum Gasteiger partial charge on any atom is -0.315 e. The van der Waals surface area contributed by atoms with Crippen LogP contribution in [-0.2, 0) is 13.5 Å². The van der Waals surface area contributed by atoms with Gasteiger partial charge in [0.1, 0.15) is 0 Å². The molecule has 3 heteroatoms. The standard InChI is InChI=1S/C12H15NO2/c1-7-8(2)12(15)13(3)9-5-4-6-10(14)11(7)9/h4-6H2,1-3H3. The second-order valence-electron chi connectivity index (χ2n) is 4.21. The van der Waals surface area contributed by atoms with Crippen molar-refractivity contribution < 1.29 is 4.79 Å². The average Bonchev–Trinajstić information content (AvgIpc) is 2.23. The number of aromatic nitrogens is 1. The highest BCUT2D eigenvalue weighted by Crippen LogP contribution is 2.23. The third-order valence-corrected chi connectivity index (χ3v) is 3.35. The van der Waals surface area contributed by atoms with Gasteiger partial charge in [0.15, 0.2) is 5.78 Å². The van der Waals surface area contributed by atoms with E-state index in [2.05, 4.69) is 0 Å². The van der Waals surface area contributed by atoms with Crippen molar-refractivity contribution in [2.75, 3.05) is 0 Å². The molecule has 0 fully saturated rings. The molecule has 1 aromatic heterocycles. The number of carbonyl (C=O) groups excluding carboxylic acids is 1. The van der Waals surface area contributed by atoms with Crippen molar-refractivity contribution in [1.29, 1.82) is 0 Å². The van der Waals surface area contributed by atoms with Gasteiger partial charge in [-0.2, -0.15) is 0 Å². The Morgan fingerprint density at radius 2 is 1.73 bits per heavy atom. The van der Waals surface area contributed by atoms with Crippen LogP contribution in [0, 0.1) is 13.8 Å². The number of pyridine rings is 1. The molecule has 80 valence electrons. The Kier molecular flexibility index (Phi) is 2.25. The van der Waals surface area contributed by atoms with E-state index in [0.29, 0.717) is 12.0 Å². The van der Waals surface area contributed by atoms with Crippen molar-refractivity contribution in [2.24, 2.45) is 7.05 Å². The quantitative estimate of drug-likeness (QED) is 0.644. The van der Waals surface area contributed by atoms with Gasteiger partial charge in [0.2, 0.25) is 0 Å². The van der Waals surface area contributed by atoms with E-state index in [9.17, 15) is 9.59 Å². The van der Waals surface area contributed by atoms with Crippen molar-refractivity contribution in [3.05, 3.63) is 32.7 Å². The number of hydrogen-bond donors (Lipinski definition) is 0. The highest BCUT2D eigenvalue weighted by Gasteiger charge is 2.23. The number of ketones is 1. The molecular formula is C12H15NO2. The van der Waals surface area contributed by atoms with Gasteiger partial charge in [-0.15, -0.1) is 0 Å². The summed E-state index contributed by atoms with van der Waals surface area (Å²) >= 11 is 0. The van der Waals surface area contributed by atoms with Crippen LogP contribution in [0.1, 0.15) is 40.0 Å². The SMILES string of the molecule is Cc1c2c(n(C)c(=O)c1C)CCCC2=O. The van der Waals surface area contributed by atoms with Crippen LogP contribution in [-0.4, -0.2) is 10.4 Å². The summed E-state index contributed by atoms with van der Waals surface area (Å²) in [5.41, 5.74) is 3.31. The molecule has 0 aliphatic heterocycles. The molecule has 0 aromatic carbocycles. The molecule has 1 aliphatic carbocycles. The van der Waals surface area contributed by atoms with Gasteiger partial charge in [-0.1, -0.05) is 0 Å². The highest BCUT2D eigenvalue weighted by atomic mass is 16.1. The molecule has 0 N–H and O–H groups in total. The summed E-state index contributed by atoms with van der Waals surface area (Å²) in [6.45, 7) is 3.67. The number of fused-ring (bicyclic) bond motifs is 1. The van der Waals surface area contributed by atoms with Crippen molar-refractivity contribution >= 4 is 5.78 Å². The Hall–Kier alpha value is -1.38. The predicted molar refractivity (Wildman–Crippen MR) is 58.4 cm³/mol. The monoisotopic (exact) mass is 205 g/mol. The topological polar surface area (TPSA) is 39.1 Å². The summed E-state index contributed by atoms with van der Waals surface area (Å²) in [5, 5.41) is 0. The van der Waals surface area contributed by atoms with Crippen LogP contribution in [0.2, 0.25) is 0 Å². The lowest BCUT2D eigenvalue weighted by atomic mass is 9.89. The molecule has 3 nitrogen and oxygen atoms in total. The van der Waals surface area contributed by atoms with Crippen LogP contribution in [0.15, 0.2) is 4.79 Å². The Bertz CT molecular complexity index is 497. The van der Waals surface area contributed by atoms with Gasteiger partial charge < -0.3 is 4.57 Å². The Balaban J connectivity index is 2.86. The number of hydrogen-bond acceptors (Lipinski definition) is 2. The molecule has 1 aromatic rings. The molecule has 0 radical (unpaired) electrons. The zero-order valence-electron chi connectivity index (χ0n) is 9.39. The van der Waals surface area contributed by atoms with Crippen LogP contribution in [0.4, 0.5) is 0 Å². The van der Waals surface area contributed by atoms with E-state index in [1.54, 1.807) is 18.5 Å². The Labute approximate surface area is 88.7 Å². The molecule has 1 aliphatic rings. The van der Waals surface area contributed by atoms with Crippen LogP contribution < -0.4 is 5.56 Å². The molecule has 0 spiro atoms. The highest BCUT2D eigenvalue weighted by molar-refractivity contribution is 5.99. The zero-order chi connectivity index (χ0) is 11.2. The molecule has 0 bridgehead atoms. The van der Waals surface area contributed by atoms with E-state index in [-0.39, 0.29) is 11.3 Å². The Morgan fingerprint density at radius 3 is 2.40 bits per heavy atom. The van der Waals surface area contributed by atoms with Gasteiger partial charge in [-0.3, -0.25) is 9.59 Å². The fourth-order valence-electron chi connectivity index (χ4n) is 2.31. The third kappa shape index (κ3) is 1.34. The number of Topliss-reactive ketones (excluding diaryl/α,β-unsaturated/α-hetero) is 1. The summed E-state index contributed by atoms with van der Waals surface area (Å²) in [6, 6.07) is 0. The molecule has 0 unspecified atom stereocenters. The van der Waals surface area contributed by atoms with Crippen LogP contribution in [0.5, 0.6) is 0 Å². The molecule has 2 rings (SSSR count). The summed E-state index contributed by atoms with van der Waals surface area (Å²) in [4.78, 5) is 23.6. The molecule has 0 amide bonds. The fraction of sp³-hybridized carbons (Fsp3) is 0.500. The fourth-order valence-corrected chi connectivity index (χ4v) is 2.31. The van der Waals surface area contributed by atoms with E-state index < -0.39 is 0 Å². The summed E-state index contributed by atoms with van der Waals surface area (Å²) in [7, 11) is 1.76. The van der Waals surface area contributed by atoms with E-state index in [1.165, 1.54) is 0 Å². The van der Waals surface area contributed by atoms with Crippen LogP contribution in [0.3, 0.4) is 0 Å². The van der Waals surface area contributed by atoms with Gasteiger partial charge in [0, 0.05) is 30.3 Å². The van der Waals surface area contributed by atoms with Crippen molar-refractivity contribution in [2.45, 2.75) is 33.1 Å². The lowest BCUT2D eigenvalue weighted by Gasteiger charge is -2.21. The second-order valence-corrected chi connectivity index (χ2v) is 4.21. The van der Waals surface area contributed by atoms with Crippen molar-refractivity contribution in [1.82, 2.24) is 4.57 Å². The predicted octanol–water partition coefficient (Wildman–Crippen LogP) is 1.52. The van der Waals surface area contributed by atoms with E-state index in [0.717, 1.165) is 29.7 Å². The average molecular weight is 205 g/mol. The molecule has 0 saturated heterocycles. The number of rotatable bonds is 0. The zero-order valence-corrected chi connectivity index (χ0v) is 9.39. The lowest BCUT2D eigenvalue weighted by Crippen LogP contribution is -2.29. The van der Waals surface area contributed by atoms with Gasteiger partial charge >= 0.3 is 0 Å². The molecule has 0 atom stereocenters. The van der Waals surface area contributed by atoms with Crippen LogP contribution >= 0.6 is 0 Å². The largest absolute Gasteiger partial charge is 0.315 e. The smallest absolute Gasteiger partial charge is 0.253 e. The third-order valence-electron chi connectivity index (χ3n) is 3.35. The maximum atomic E-state index is 11.8. The summed E-state index contributed by atoms with van der Waals surface area (Å²) < 4.78 is 1.63. The number of nitrogens with zero attached hydrogens (tertiary/aromatic N) is 1. The first-order valence-electron chi connectivity index (χ1n) is 5.26. The first kappa shape index (κ1) is 10.1. The van der Waals surface area contributed by atoms with Crippen molar-refractivity contribution in [3.8, 4) is 0 Å². The van der Waals surface area contributed by atoms with Gasteiger partial charge in [0.25, 0.3) is 5.56 Å². The molecule has 15 heavy (non-hydrogen) atoms. The van der Waals surface area contributed by atoms with E-state index in [4.69, 9.17) is 0 Å². The number of carbonyl (C=O) groups is 1. The summed E-state index contributed by atoms with van der Waals surface area (Å²) in [5.74, 6) is 0.187. The summed E-state index contributed by atoms with van der Waals surface area (Å²) in [6.07, 6.45) is 2.32. The van der Waals surface area contributed by atoms with Crippen molar-refractivity contribution in [3.63, 3.8) is 0 Å². The van der Waals surface area contributed by atoms with E-state index in [1.807, 2.05) is 6.92 Å². The van der Waals surface area contributed by atoms with Gasteiger partial charge in [0.05, 0.1) is 0 Å². The molecular weight excluding hydrogens is 190 g/mol. The first-order valence-corrected chi connectivity index (χ1v) is 5.26. The molecule has 1 heterocycles.